The lowest BCUT2D eigenvalue weighted by Gasteiger charge is -2.22. The van der Waals surface area contributed by atoms with Crippen LogP contribution in [0.25, 0.3) is 10.2 Å². The van der Waals surface area contributed by atoms with Crippen LogP contribution in [0.5, 0.6) is 0 Å². The number of likely N-dealkylation sites (tertiary alicyclic amines) is 1. The maximum atomic E-state index is 13.1. The van der Waals surface area contributed by atoms with E-state index in [1.165, 1.54) is 16.2 Å². The Hall–Kier alpha value is -3.13. The number of para-hydroxylation sites is 1. The summed E-state index contributed by atoms with van der Waals surface area (Å²) in [5.41, 5.74) is 2.69. The Morgan fingerprint density at radius 2 is 1.93 bits per heavy atom. The summed E-state index contributed by atoms with van der Waals surface area (Å²) >= 11 is 1.42. The average Bonchev–Trinajstić information content (AvgIpc) is 3.31. The van der Waals surface area contributed by atoms with Gasteiger partial charge in [0, 0.05) is 19.0 Å². The molecule has 0 aliphatic carbocycles. The minimum absolute atomic E-state index is 0.160. The first-order valence-electron chi connectivity index (χ1n) is 9.48. The fraction of sp³-hybridized carbons (Fsp3) is 0.286. The van der Waals surface area contributed by atoms with Gasteiger partial charge in [0.15, 0.2) is 5.13 Å². The molecule has 29 heavy (non-hydrogen) atoms. The number of imide groups is 1. The van der Waals surface area contributed by atoms with Crippen molar-refractivity contribution in [1.29, 1.82) is 0 Å². The molecular formula is C21H20N4O3S. The summed E-state index contributed by atoms with van der Waals surface area (Å²) in [6.45, 7) is 2.01. The second-order valence-corrected chi connectivity index (χ2v) is 7.80. The predicted molar refractivity (Wildman–Crippen MR) is 110 cm³/mol. The van der Waals surface area contributed by atoms with E-state index in [0.717, 1.165) is 27.1 Å². The van der Waals surface area contributed by atoms with Crippen molar-refractivity contribution in [1.82, 2.24) is 14.9 Å². The number of fused-ring (bicyclic) bond motifs is 1. The monoisotopic (exact) mass is 408 g/mol. The molecule has 0 bridgehead atoms. The third-order valence-corrected chi connectivity index (χ3v) is 5.94. The van der Waals surface area contributed by atoms with Crippen molar-refractivity contribution in [3.63, 3.8) is 0 Å². The molecule has 0 spiro atoms. The molecular weight excluding hydrogens is 388 g/mol. The van der Waals surface area contributed by atoms with E-state index < -0.39 is 0 Å². The number of hydrogen-bond acceptors (Lipinski definition) is 6. The van der Waals surface area contributed by atoms with Crippen LogP contribution in [0.3, 0.4) is 0 Å². The minimum Gasteiger partial charge on any atom is -0.280 e. The first kappa shape index (κ1) is 19.2. The lowest BCUT2D eigenvalue weighted by atomic mass is 10.1. The van der Waals surface area contributed by atoms with E-state index in [1.54, 1.807) is 6.20 Å². The number of hydrogen-bond donors (Lipinski definition) is 0. The third kappa shape index (κ3) is 3.88. The van der Waals surface area contributed by atoms with Gasteiger partial charge in [-0.3, -0.25) is 29.2 Å². The predicted octanol–water partition coefficient (Wildman–Crippen LogP) is 2.94. The second kappa shape index (κ2) is 8.08. The normalized spacial score (nSPS) is 14.0. The van der Waals surface area contributed by atoms with Gasteiger partial charge in [0.1, 0.15) is 6.54 Å². The average molecular weight is 408 g/mol. The molecule has 0 atom stereocenters. The van der Waals surface area contributed by atoms with Crippen LogP contribution in [0.4, 0.5) is 5.13 Å². The van der Waals surface area contributed by atoms with E-state index >= 15 is 0 Å². The molecule has 0 radical (unpaired) electrons. The molecule has 1 saturated heterocycles. The highest BCUT2D eigenvalue weighted by Gasteiger charge is 2.33. The molecule has 3 heterocycles. The number of amides is 3. The molecule has 2 aromatic heterocycles. The van der Waals surface area contributed by atoms with Crippen LogP contribution >= 0.6 is 11.3 Å². The van der Waals surface area contributed by atoms with E-state index in [2.05, 4.69) is 11.9 Å². The number of anilines is 1. The molecule has 4 rings (SSSR count). The van der Waals surface area contributed by atoms with Gasteiger partial charge in [0.25, 0.3) is 0 Å². The summed E-state index contributed by atoms with van der Waals surface area (Å²) in [4.78, 5) is 48.7. The summed E-state index contributed by atoms with van der Waals surface area (Å²) in [6, 6.07) is 11.5. The van der Waals surface area contributed by atoms with Crippen LogP contribution in [0.2, 0.25) is 0 Å². The number of benzene rings is 1. The quantitative estimate of drug-likeness (QED) is 0.586. The van der Waals surface area contributed by atoms with Gasteiger partial charge in [-0.15, -0.1) is 0 Å². The number of rotatable bonds is 6. The van der Waals surface area contributed by atoms with Gasteiger partial charge in [-0.1, -0.05) is 36.5 Å². The molecule has 8 heteroatoms. The van der Waals surface area contributed by atoms with E-state index in [9.17, 15) is 14.4 Å². The summed E-state index contributed by atoms with van der Waals surface area (Å²) in [7, 11) is 0. The number of carbonyl (C=O) groups excluding carboxylic acids is 3. The van der Waals surface area contributed by atoms with Crippen molar-refractivity contribution in [2.45, 2.75) is 32.7 Å². The molecule has 1 fully saturated rings. The maximum Gasteiger partial charge on any atom is 0.249 e. The summed E-state index contributed by atoms with van der Waals surface area (Å²) < 4.78 is 0.992. The zero-order valence-electron chi connectivity index (χ0n) is 16.0. The fourth-order valence-corrected chi connectivity index (χ4v) is 4.36. The number of pyridine rings is 1. The zero-order valence-corrected chi connectivity index (χ0v) is 16.8. The van der Waals surface area contributed by atoms with Gasteiger partial charge in [-0.05, 0) is 30.2 Å². The fourth-order valence-electron chi connectivity index (χ4n) is 3.33. The van der Waals surface area contributed by atoms with Gasteiger partial charge < -0.3 is 0 Å². The Kier molecular flexibility index (Phi) is 5.35. The second-order valence-electron chi connectivity index (χ2n) is 6.79. The summed E-state index contributed by atoms with van der Waals surface area (Å²) in [5.74, 6) is -0.964. The number of nitrogens with zero attached hydrogens (tertiary/aromatic N) is 4. The van der Waals surface area contributed by atoms with E-state index in [1.807, 2.05) is 36.4 Å². The largest absolute Gasteiger partial charge is 0.280 e. The number of aromatic nitrogens is 2. The van der Waals surface area contributed by atoms with Gasteiger partial charge in [-0.2, -0.15) is 0 Å². The minimum atomic E-state index is -0.351. The van der Waals surface area contributed by atoms with E-state index in [-0.39, 0.29) is 43.7 Å². The van der Waals surface area contributed by atoms with Crippen molar-refractivity contribution in [3.8, 4) is 0 Å². The number of aryl methyl sites for hydroxylation is 1. The maximum absolute atomic E-state index is 13.1. The van der Waals surface area contributed by atoms with Gasteiger partial charge >= 0.3 is 0 Å². The molecule has 1 aliphatic rings. The smallest absolute Gasteiger partial charge is 0.249 e. The Morgan fingerprint density at radius 1 is 1.14 bits per heavy atom. The molecule has 0 unspecified atom stereocenters. The zero-order chi connectivity index (χ0) is 20.4. The van der Waals surface area contributed by atoms with Crippen molar-refractivity contribution in [3.05, 3.63) is 53.9 Å². The van der Waals surface area contributed by atoms with Crippen molar-refractivity contribution < 1.29 is 14.4 Å². The summed E-state index contributed by atoms with van der Waals surface area (Å²) in [6.07, 6.45) is 2.82. The molecule has 7 nitrogen and oxygen atoms in total. The highest BCUT2D eigenvalue weighted by molar-refractivity contribution is 7.22. The van der Waals surface area contributed by atoms with Crippen molar-refractivity contribution >= 4 is 44.4 Å². The lowest BCUT2D eigenvalue weighted by molar-refractivity contribution is -0.141. The van der Waals surface area contributed by atoms with Crippen molar-refractivity contribution in [2.75, 3.05) is 11.4 Å². The molecule has 3 amide bonds. The molecule has 1 aromatic carbocycles. The summed E-state index contributed by atoms with van der Waals surface area (Å²) in [5, 5.41) is 0.538. The molecule has 1 aliphatic heterocycles. The van der Waals surface area contributed by atoms with Crippen molar-refractivity contribution in [2.24, 2.45) is 0 Å². The Balaban J connectivity index is 1.69. The number of carbonyl (C=O) groups is 3. The lowest BCUT2D eigenvalue weighted by Crippen LogP contribution is -2.42. The standard InChI is InChI=1S/C21H20N4O3S/c1-2-14-6-5-8-16-20(14)23-21(29-16)25(12-15-7-3-4-11-22-15)19(28)13-24-17(26)9-10-18(24)27/h3-8,11H,2,9-10,12-13H2,1H3. The highest BCUT2D eigenvalue weighted by Crippen LogP contribution is 2.32. The first-order valence-corrected chi connectivity index (χ1v) is 10.3. The van der Waals surface area contributed by atoms with E-state index in [0.29, 0.717) is 10.8 Å². The third-order valence-electron chi connectivity index (χ3n) is 4.90. The van der Waals surface area contributed by atoms with Crippen LogP contribution in [-0.2, 0) is 27.3 Å². The topological polar surface area (TPSA) is 83.5 Å². The number of thiazole rings is 1. The molecule has 0 saturated carbocycles. The van der Waals surface area contributed by atoms with Crippen LogP contribution in [0.15, 0.2) is 42.6 Å². The van der Waals surface area contributed by atoms with Gasteiger partial charge in [0.2, 0.25) is 17.7 Å². The van der Waals surface area contributed by atoms with Crippen LogP contribution < -0.4 is 4.90 Å². The Labute approximate surface area is 172 Å². The molecule has 0 N–H and O–H groups in total. The van der Waals surface area contributed by atoms with Gasteiger partial charge in [0.05, 0.1) is 22.5 Å². The van der Waals surface area contributed by atoms with Crippen LogP contribution in [0, 0.1) is 0 Å². The first-order chi connectivity index (χ1) is 14.1. The van der Waals surface area contributed by atoms with E-state index in [4.69, 9.17) is 4.98 Å². The van der Waals surface area contributed by atoms with Crippen LogP contribution in [0.1, 0.15) is 31.0 Å². The van der Waals surface area contributed by atoms with Crippen LogP contribution in [-0.4, -0.2) is 39.1 Å². The van der Waals surface area contributed by atoms with Gasteiger partial charge in [-0.25, -0.2) is 4.98 Å². The Morgan fingerprint density at radius 3 is 2.62 bits per heavy atom. The SMILES string of the molecule is CCc1cccc2sc(N(Cc3ccccn3)C(=O)CN3C(=O)CCC3=O)nc12. The molecule has 3 aromatic rings. The highest BCUT2D eigenvalue weighted by atomic mass is 32.1. The molecule has 148 valence electrons. The Bertz CT molecular complexity index is 1060.